The van der Waals surface area contributed by atoms with E-state index >= 15 is 0 Å². The van der Waals surface area contributed by atoms with E-state index < -0.39 is 0 Å². The SMILES string of the molecule is S=C1N[C@H](c2ccccn2)[C@H](c2ccc(-c3ccc(Cl)cc3)o2)N1c1ccc2c(c1)OCO2. The fourth-order valence-electron chi connectivity index (χ4n) is 4.24. The number of benzene rings is 2. The lowest BCUT2D eigenvalue weighted by Crippen LogP contribution is -2.29. The van der Waals surface area contributed by atoms with Gasteiger partial charge in [0.05, 0.1) is 11.7 Å². The number of pyridine rings is 1. The highest BCUT2D eigenvalue weighted by atomic mass is 35.5. The predicted molar refractivity (Wildman–Crippen MR) is 130 cm³/mol. The number of halogens is 1. The Balaban J connectivity index is 1.44. The van der Waals surface area contributed by atoms with Crippen LogP contribution in [0.2, 0.25) is 5.02 Å². The van der Waals surface area contributed by atoms with Crippen molar-refractivity contribution in [1.29, 1.82) is 0 Å². The number of nitrogens with zero attached hydrogens (tertiary/aromatic N) is 2. The lowest BCUT2D eigenvalue weighted by molar-refractivity contribution is 0.174. The van der Waals surface area contributed by atoms with E-state index in [4.69, 9.17) is 37.7 Å². The monoisotopic (exact) mass is 475 g/mol. The molecule has 0 aliphatic carbocycles. The van der Waals surface area contributed by atoms with Crippen LogP contribution in [-0.2, 0) is 0 Å². The third-order valence-electron chi connectivity index (χ3n) is 5.78. The van der Waals surface area contributed by atoms with E-state index in [1.54, 1.807) is 6.20 Å². The second-order valence-corrected chi connectivity index (χ2v) is 8.57. The van der Waals surface area contributed by atoms with Gasteiger partial charge in [0, 0.05) is 28.5 Å². The van der Waals surface area contributed by atoms with Crippen LogP contribution in [-0.4, -0.2) is 16.9 Å². The molecule has 2 aromatic heterocycles. The van der Waals surface area contributed by atoms with Crippen LogP contribution in [0.15, 0.2) is 83.4 Å². The molecule has 6 rings (SSSR count). The predicted octanol–water partition coefficient (Wildman–Crippen LogP) is 5.90. The molecule has 1 fully saturated rings. The molecule has 8 heteroatoms. The van der Waals surface area contributed by atoms with Gasteiger partial charge in [0.1, 0.15) is 17.6 Å². The third-order valence-corrected chi connectivity index (χ3v) is 6.35. The zero-order chi connectivity index (χ0) is 22.4. The summed E-state index contributed by atoms with van der Waals surface area (Å²) in [7, 11) is 0. The summed E-state index contributed by atoms with van der Waals surface area (Å²) in [6.45, 7) is 0.212. The van der Waals surface area contributed by atoms with Crippen molar-refractivity contribution in [3.63, 3.8) is 0 Å². The topological polar surface area (TPSA) is 59.8 Å². The second kappa shape index (κ2) is 8.10. The van der Waals surface area contributed by atoms with Gasteiger partial charge in [0.2, 0.25) is 6.79 Å². The highest BCUT2D eigenvalue weighted by Crippen LogP contribution is 2.45. The largest absolute Gasteiger partial charge is 0.459 e. The van der Waals surface area contributed by atoms with Gasteiger partial charge >= 0.3 is 0 Å². The van der Waals surface area contributed by atoms with Crippen LogP contribution in [0.25, 0.3) is 11.3 Å². The number of hydrogen-bond acceptors (Lipinski definition) is 5. The third kappa shape index (κ3) is 3.59. The smallest absolute Gasteiger partial charge is 0.231 e. The molecule has 2 aliphatic rings. The standard InChI is InChI=1S/C25H18ClN3O3S/c26-16-6-4-15(5-7-16)19-10-11-21(32-19)24-23(18-3-1-2-12-27-18)28-25(33)29(24)17-8-9-20-22(13-17)31-14-30-20/h1-13,23-24H,14H2,(H,28,33)/t23-,24+/m1/s1. The molecule has 1 saturated heterocycles. The van der Waals surface area contributed by atoms with E-state index in [1.807, 2.05) is 77.7 Å². The van der Waals surface area contributed by atoms with Crippen molar-refractivity contribution >= 4 is 34.6 Å². The van der Waals surface area contributed by atoms with Crippen molar-refractivity contribution in [2.45, 2.75) is 12.1 Å². The number of fused-ring (bicyclic) bond motifs is 1. The van der Waals surface area contributed by atoms with Crippen LogP contribution in [0.4, 0.5) is 5.69 Å². The summed E-state index contributed by atoms with van der Waals surface area (Å²) >= 11 is 11.8. The molecular formula is C25H18ClN3O3S. The number of nitrogens with one attached hydrogen (secondary N) is 1. The molecule has 6 nitrogen and oxygen atoms in total. The number of aromatic nitrogens is 1. The molecule has 2 atom stereocenters. The number of ether oxygens (including phenoxy) is 2. The highest BCUT2D eigenvalue weighted by Gasteiger charge is 2.43. The number of hydrogen-bond donors (Lipinski definition) is 1. The number of rotatable bonds is 4. The summed E-state index contributed by atoms with van der Waals surface area (Å²) in [5, 5.41) is 4.70. The van der Waals surface area contributed by atoms with Crippen LogP contribution >= 0.6 is 23.8 Å². The Morgan fingerprint density at radius 2 is 1.82 bits per heavy atom. The Hall–Kier alpha value is -3.55. The van der Waals surface area contributed by atoms with Gasteiger partial charge in [0.25, 0.3) is 0 Å². The van der Waals surface area contributed by atoms with Gasteiger partial charge in [-0.25, -0.2) is 0 Å². The molecule has 0 saturated carbocycles. The Kier molecular flexibility index (Phi) is 4.93. The molecule has 33 heavy (non-hydrogen) atoms. The summed E-state index contributed by atoms with van der Waals surface area (Å²) in [5.74, 6) is 2.93. The van der Waals surface area contributed by atoms with E-state index in [2.05, 4.69) is 10.3 Å². The van der Waals surface area contributed by atoms with Crippen molar-refractivity contribution in [3.05, 3.63) is 95.5 Å². The number of furan rings is 1. The maximum atomic E-state index is 6.37. The first-order chi connectivity index (χ1) is 16.2. The maximum absolute atomic E-state index is 6.37. The van der Waals surface area contributed by atoms with Crippen LogP contribution in [0, 0.1) is 0 Å². The molecule has 0 bridgehead atoms. The maximum Gasteiger partial charge on any atom is 0.231 e. The van der Waals surface area contributed by atoms with Crippen molar-refractivity contribution in [2.24, 2.45) is 0 Å². The first kappa shape index (κ1) is 20.1. The molecular weight excluding hydrogens is 458 g/mol. The van der Waals surface area contributed by atoms with Crippen LogP contribution in [0.1, 0.15) is 23.5 Å². The minimum atomic E-state index is -0.256. The number of anilines is 1. The molecule has 0 amide bonds. The van der Waals surface area contributed by atoms with Gasteiger partial charge in [0.15, 0.2) is 16.6 Å². The van der Waals surface area contributed by atoms with Crippen LogP contribution < -0.4 is 19.7 Å². The van der Waals surface area contributed by atoms with Crippen molar-refractivity contribution in [2.75, 3.05) is 11.7 Å². The minimum Gasteiger partial charge on any atom is -0.459 e. The normalized spacial score (nSPS) is 19.1. The average molecular weight is 476 g/mol. The number of thiocarbonyl (C=S) groups is 1. The fraction of sp³-hybridized carbons (Fsp3) is 0.120. The van der Waals surface area contributed by atoms with Gasteiger partial charge in [-0.1, -0.05) is 17.7 Å². The summed E-state index contributed by atoms with van der Waals surface area (Å²) in [6, 6.07) is 22.7. The first-order valence-corrected chi connectivity index (χ1v) is 11.2. The molecule has 4 aromatic rings. The van der Waals surface area contributed by atoms with E-state index in [-0.39, 0.29) is 18.9 Å². The van der Waals surface area contributed by atoms with Gasteiger partial charge in [-0.15, -0.1) is 0 Å². The van der Waals surface area contributed by atoms with Gasteiger partial charge in [-0.2, -0.15) is 0 Å². The second-order valence-electron chi connectivity index (χ2n) is 7.74. The Morgan fingerprint density at radius 1 is 0.970 bits per heavy atom. The summed E-state index contributed by atoms with van der Waals surface area (Å²) in [5.41, 5.74) is 2.70. The quantitative estimate of drug-likeness (QED) is 0.369. The first-order valence-electron chi connectivity index (χ1n) is 10.4. The van der Waals surface area contributed by atoms with E-state index in [0.717, 1.165) is 34.2 Å². The van der Waals surface area contributed by atoms with Crippen molar-refractivity contribution < 1.29 is 13.9 Å². The van der Waals surface area contributed by atoms with Gasteiger partial charge in [-0.3, -0.25) is 4.98 Å². The van der Waals surface area contributed by atoms with Crippen LogP contribution in [0.3, 0.4) is 0 Å². The lowest BCUT2D eigenvalue weighted by Gasteiger charge is -2.26. The summed E-state index contributed by atoms with van der Waals surface area (Å²) in [6.07, 6.45) is 1.78. The molecule has 2 aliphatic heterocycles. The summed E-state index contributed by atoms with van der Waals surface area (Å²) in [4.78, 5) is 6.62. The Bertz CT molecular complexity index is 1330. The summed E-state index contributed by atoms with van der Waals surface area (Å²) < 4.78 is 17.4. The zero-order valence-electron chi connectivity index (χ0n) is 17.3. The minimum absolute atomic E-state index is 0.201. The molecule has 0 spiro atoms. The molecule has 1 N–H and O–H groups in total. The molecule has 0 unspecified atom stereocenters. The van der Waals surface area contributed by atoms with E-state index in [1.165, 1.54) is 0 Å². The van der Waals surface area contributed by atoms with Crippen molar-refractivity contribution in [3.8, 4) is 22.8 Å². The van der Waals surface area contributed by atoms with Gasteiger partial charge in [-0.05, 0) is 72.9 Å². The molecule has 0 radical (unpaired) electrons. The van der Waals surface area contributed by atoms with E-state index in [0.29, 0.717) is 15.9 Å². The lowest BCUT2D eigenvalue weighted by atomic mass is 10.0. The fourth-order valence-corrected chi connectivity index (χ4v) is 4.71. The Labute approximate surface area is 200 Å². The van der Waals surface area contributed by atoms with Crippen LogP contribution in [0.5, 0.6) is 11.5 Å². The molecule has 2 aromatic carbocycles. The molecule has 164 valence electrons. The molecule has 4 heterocycles. The van der Waals surface area contributed by atoms with Crippen molar-refractivity contribution in [1.82, 2.24) is 10.3 Å². The van der Waals surface area contributed by atoms with E-state index in [9.17, 15) is 0 Å². The Morgan fingerprint density at radius 3 is 2.64 bits per heavy atom. The average Bonchev–Trinajstić information content (AvgIpc) is 3.58. The highest BCUT2D eigenvalue weighted by molar-refractivity contribution is 7.80. The van der Waals surface area contributed by atoms with Gasteiger partial charge < -0.3 is 24.1 Å². The zero-order valence-corrected chi connectivity index (χ0v) is 18.8.